The maximum absolute atomic E-state index is 13.1. The molecule has 2 aromatic carbocycles. The number of aliphatic imine (C=N–C) groups is 1. The number of halogens is 1. The standard InChI is InChI=1S/C22H16ClN3O2/c1-14-7-6-12-24-20(14)25-13-17-15-8-2-3-9-16(15)21(27)26(22(17)28)19-11-5-4-10-18(19)23/h2-13,28H,1H3/b25-13+. The Kier molecular flexibility index (Phi) is 4.67. The van der Waals surface area contributed by atoms with E-state index in [0.717, 1.165) is 5.56 Å². The van der Waals surface area contributed by atoms with Gasteiger partial charge in [-0.2, -0.15) is 0 Å². The van der Waals surface area contributed by atoms with Crippen molar-refractivity contribution in [1.29, 1.82) is 0 Å². The number of aryl methyl sites for hydroxylation is 1. The monoisotopic (exact) mass is 389 g/mol. The number of fused-ring (bicyclic) bond motifs is 1. The Labute approximate surface area is 166 Å². The van der Waals surface area contributed by atoms with Crippen molar-refractivity contribution in [2.45, 2.75) is 6.92 Å². The van der Waals surface area contributed by atoms with Crippen molar-refractivity contribution < 1.29 is 5.11 Å². The first kappa shape index (κ1) is 17.9. The third-order valence-electron chi connectivity index (χ3n) is 4.49. The van der Waals surface area contributed by atoms with Gasteiger partial charge < -0.3 is 5.11 Å². The fourth-order valence-electron chi connectivity index (χ4n) is 3.08. The van der Waals surface area contributed by atoms with E-state index in [-0.39, 0.29) is 11.4 Å². The Morgan fingerprint density at radius 3 is 2.50 bits per heavy atom. The lowest BCUT2D eigenvalue weighted by Gasteiger charge is -2.14. The molecule has 0 amide bonds. The number of aromatic nitrogens is 2. The molecule has 0 spiro atoms. The number of rotatable bonds is 3. The minimum atomic E-state index is -0.354. The molecule has 2 heterocycles. The quantitative estimate of drug-likeness (QED) is 0.511. The molecule has 0 radical (unpaired) electrons. The molecule has 28 heavy (non-hydrogen) atoms. The van der Waals surface area contributed by atoms with Crippen molar-refractivity contribution in [3.05, 3.63) is 93.4 Å². The molecule has 6 heteroatoms. The highest BCUT2D eigenvalue weighted by atomic mass is 35.5. The van der Waals surface area contributed by atoms with Crippen LogP contribution in [0.1, 0.15) is 11.1 Å². The molecule has 0 bridgehead atoms. The van der Waals surface area contributed by atoms with Gasteiger partial charge >= 0.3 is 0 Å². The lowest BCUT2D eigenvalue weighted by atomic mass is 10.1. The van der Waals surface area contributed by atoms with Crippen LogP contribution in [-0.4, -0.2) is 20.9 Å². The van der Waals surface area contributed by atoms with Gasteiger partial charge in [0, 0.05) is 23.2 Å². The third-order valence-corrected chi connectivity index (χ3v) is 4.81. The number of aromatic hydroxyl groups is 1. The molecule has 1 N–H and O–H groups in total. The maximum atomic E-state index is 13.1. The molecule has 0 aliphatic rings. The smallest absolute Gasteiger partial charge is 0.265 e. The van der Waals surface area contributed by atoms with Gasteiger partial charge in [-0.15, -0.1) is 0 Å². The summed E-state index contributed by atoms with van der Waals surface area (Å²) in [4.78, 5) is 21.7. The van der Waals surface area contributed by atoms with Crippen LogP contribution in [0.25, 0.3) is 16.5 Å². The van der Waals surface area contributed by atoms with E-state index >= 15 is 0 Å². The average Bonchev–Trinajstić information content (AvgIpc) is 2.70. The summed E-state index contributed by atoms with van der Waals surface area (Å²) in [6.45, 7) is 1.91. The third kappa shape index (κ3) is 3.06. The van der Waals surface area contributed by atoms with Crippen molar-refractivity contribution in [3.8, 4) is 11.6 Å². The van der Waals surface area contributed by atoms with Gasteiger partial charge in [-0.3, -0.25) is 4.79 Å². The topological polar surface area (TPSA) is 67.5 Å². The Hall–Kier alpha value is -3.44. The number of nitrogens with zero attached hydrogens (tertiary/aromatic N) is 3. The van der Waals surface area contributed by atoms with Gasteiger partial charge in [0.15, 0.2) is 5.82 Å². The largest absolute Gasteiger partial charge is 0.494 e. The second-order valence-electron chi connectivity index (χ2n) is 6.28. The molecule has 4 aromatic rings. The Bertz CT molecular complexity index is 1280. The highest BCUT2D eigenvalue weighted by molar-refractivity contribution is 6.32. The van der Waals surface area contributed by atoms with Crippen LogP contribution in [0.2, 0.25) is 5.02 Å². The minimum Gasteiger partial charge on any atom is -0.494 e. The first-order valence-electron chi connectivity index (χ1n) is 8.65. The van der Waals surface area contributed by atoms with Crippen molar-refractivity contribution in [1.82, 2.24) is 9.55 Å². The first-order chi connectivity index (χ1) is 13.6. The zero-order valence-electron chi connectivity index (χ0n) is 15.0. The van der Waals surface area contributed by atoms with Crippen LogP contribution in [0.4, 0.5) is 5.82 Å². The summed E-state index contributed by atoms with van der Waals surface area (Å²) < 4.78 is 1.21. The zero-order chi connectivity index (χ0) is 19.7. The number of benzene rings is 2. The molecule has 0 atom stereocenters. The van der Waals surface area contributed by atoms with E-state index in [0.29, 0.717) is 32.9 Å². The summed E-state index contributed by atoms with van der Waals surface area (Å²) in [5, 5.41) is 12.4. The molecule has 0 aliphatic heterocycles. The van der Waals surface area contributed by atoms with Crippen LogP contribution in [0.15, 0.2) is 76.6 Å². The molecule has 0 fully saturated rings. The second-order valence-corrected chi connectivity index (χ2v) is 6.68. The molecule has 0 saturated heterocycles. The molecule has 4 rings (SSSR count). The van der Waals surface area contributed by atoms with Crippen LogP contribution in [0.3, 0.4) is 0 Å². The van der Waals surface area contributed by atoms with Gasteiger partial charge in [0.1, 0.15) is 0 Å². The summed E-state index contributed by atoms with van der Waals surface area (Å²) in [6, 6.07) is 17.7. The van der Waals surface area contributed by atoms with Gasteiger partial charge in [0.25, 0.3) is 5.56 Å². The highest BCUT2D eigenvalue weighted by Crippen LogP contribution is 2.29. The average molecular weight is 390 g/mol. The molecule has 0 aliphatic carbocycles. The number of hydrogen-bond acceptors (Lipinski definition) is 4. The van der Waals surface area contributed by atoms with Crippen LogP contribution in [-0.2, 0) is 0 Å². The van der Waals surface area contributed by atoms with E-state index in [2.05, 4.69) is 9.98 Å². The lowest BCUT2D eigenvalue weighted by Crippen LogP contribution is -2.20. The summed E-state index contributed by atoms with van der Waals surface area (Å²) >= 11 is 6.29. The lowest BCUT2D eigenvalue weighted by molar-refractivity contribution is 0.436. The predicted octanol–water partition coefficient (Wildman–Crippen LogP) is 4.80. The summed E-state index contributed by atoms with van der Waals surface area (Å²) in [5.74, 6) is 0.315. The van der Waals surface area contributed by atoms with Crippen molar-refractivity contribution in [3.63, 3.8) is 0 Å². The predicted molar refractivity (Wildman–Crippen MR) is 112 cm³/mol. The maximum Gasteiger partial charge on any atom is 0.265 e. The normalized spacial score (nSPS) is 11.4. The van der Waals surface area contributed by atoms with Gasteiger partial charge in [-0.05, 0) is 36.8 Å². The fraction of sp³-hybridized carbons (Fsp3) is 0.0455. The van der Waals surface area contributed by atoms with Crippen LogP contribution in [0, 0.1) is 6.92 Å². The molecule has 0 unspecified atom stereocenters. The minimum absolute atomic E-state index is 0.228. The van der Waals surface area contributed by atoms with Crippen LogP contribution >= 0.6 is 11.6 Å². The van der Waals surface area contributed by atoms with Gasteiger partial charge in [0.05, 0.1) is 16.3 Å². The zero-order valence-corrected chi connectivity index (χ0v) is 15.8. The Balaban J connectivity index is 2.02. The number of pyridine rings is 2. The highest BCUT2D eigenvalue weighted by Gasteiger charge is 2.17. The van der Waals surface area contributed by atoms with E-state index in [9.17, 15) is 9.90 Å². The molecule has 0 saturated carbocycles. The molecule has 5 nitrogen and oxygen atoms in total. The van der Waals surface area contributed by atoms with E-state index < -0.39 is 0 Å². The van der Waals surface area contributed by atoms with Crippen molar-refractivity contribution in [2.75, 3.05) is 0 Å². The van der Waals surface area contributed by atoms with Gasteiger partial charge in [-0.1, -0.05) is 48.0 Å². The number of para-hydroxylation sites is 1. The number of hydrogen-bond donors (Lipinski definition) is 1. The summed E-state index contributed by atoms with van der Waals surface area (Å²) in [5.41, 5.74) is 1.37. The van der Waals surface area contributed by atoms with Crippen LogP contribution < -0.4 is 5.56 Å². The van der Waals surface area contributed by atoms with Gasteiger partial charge in [0.2, 0.25) is 5.88 Å². The Morgan fingerprint density at radius 2 is 1.75 bits per heavy atom. The summed E-state index contributed by atoms with van der Waals surface area (Å²) in [6.07, 6.45) is 3.18. The molecule has 138 valence electrons. The first-order valence-corrected chi connectivity index (χ1v) is 9.03. The molecular formula is C22H16ClN3O2. The summed E-state index contributed by atoms with van der Waals surface area (Å²) in [7, 11) is 0. The van der Waals surface area contributed by atoms with E-state index in [1.54, 1.807) is 48.7 Å². The Morgan fingerprint density at radius 1 is 1.04 bits per heavy atom. The van der Waals surface area contributed by atoms with E-state index in [4.69, 9.17) is 11.6 Å². The molecular weight excluding hydrogens is 374 g/mol. The second kappa shape index (κ2) is 7.29. The van der Waals surface area contributed by atoms with Crippen molar-refractivity contribution in [2.24, 2.45) is 4.99 Å². The van der Waals surface area contributed by atoms with Crippen molar-refractivity contribution >= 4 is 34.4 Å². The van der Waals surface area contributed by atoms with E-state index in [1.807, 2.05) is 25.1 Å². The van der Waals surface area contributed by atoms with Gasteiger partial charge in [-0.25, -0.2) is 14.5 Å². The van der Waals surface area contributed by atoms with Crippen LogP contribution in [0.5, 0.6) is 5.88 Å². The molecule has 2 aromatic heterocycles. The SMILES string of the molecule is Cc1cccnc1/N=C/c1c(O)n(-c2ccccc2Cl)c(=O)c2ccccc12. The van der Waals surface area contributed by atoms with E-state index in [1.165, 1.54) is 10.8 Å². The fourth-order valence-corrected chi connectivity index (χ4v) is 3.30.